The molecule has 1 saturated carbocycles. The molecule has 0 aromatic heterocycles. The van der Waals surface area contributed by atoms with Crippen molar-refractivity contribution in [1.82, 2.24) is 10.2 Å². The number of amides is 2. The molecule has 0 radical (unpaired) electrons. The summed E-state index contributed by atoms with van der Waals surface area (Å²) in [6.07, 6.45) is 1.91. The molecule has 0 spiro atoms. The van der Waals surface area contributed by atoms with Crippen LogP contribution in [-0.4, -0.2) is 28.8 Å². The predicted molar refractivity (Wildman–Crippen MR) is 78.8 cm³/mol. The fourth-order valence-electron chi connectivity index (χ4n) is 2.94. The number of nitrogens with zero attached hydrogens (tertiary/aromatic N) is 1. The van der Waals surface area contributed by atoms with Crippen LogP contribution in [-0.2, 0) is 16.1 Å². The second kappa shape index (κ2) is 5.09. The van der Waals surface area contributed by atoms with Crippen LogP contribution >= 0.6 is 15.9 Å². The van der Waals surface area contributed by atoms with Crippen molar-refractivity contribution < 1.29 is 14.0 Å². The van der Waals surface area contributed by atoms with E-state index in [-0.39, 0.29) is 30.1 Å². The highest BCUT2D eigenvalue weighted by Crippen LogP contribution is 2.45. The van der Waals surface area contributed by atoms with Crippen LogP contribution in [0.2, 0.25) is 0 Å². The van der Waals surface area contributed by atoms with Gasteiger partial charge in [0, 0.05) is 11.0 Å². The van der Waals surface area contributed by atoms with Gasteiger partial charge in [-0.25, -0.2) is 4.39 Å². The lowest BCUT2D eigenvalue weighted by Gasteiger charge is -2.44. The Morgan fingerprint density at radius 2 is 2.14 bits per heavy atom. The van der Waals surface area contributed by atoms with Gasteiger partial charge in [-0.1, -0.05) is 22.0 Å². The maximum atomic E-state index is 13.2. The third-order valence-corrected chi connectivity index (χ3v) is 5.18. The summed E-state index contributed by atoms with van der Waals surface area (Å²) in [5.74, 6) is -0.317. The predicted octanol–water partition coefficient (Wildman–Crippen LogP) is 2.22. The fourth-order valence-corrected chi connectivity index (χ4v) is 3.41. The van der Waals surface area contributed by atoms with E-state index in [1.54, 1.807) is 11.0 Å². The minimum atomic E-state index is -0.802. The molecule has 21 heavy (non-hydrogen) atoms. The minimum Gasteiger partial charge on any atom is -0.345 e. The lowest BCUT2D eigenvalue weighted by Crippen LogP contribution is -2.66. The highest BCUT2D eigenvalue weighted by molar-refractivity contribution is 9.10. The molecule has 3 rings (SSSR count). The molecule has 0 bridgehead atoms. The van der Waals surface area contributed by atoms with Crippen molar-refractivity contribution in [3.63, 3.8) is 0 Å². The number of carbonyl (C=O) groups excluding carboxylic acids is 2. The molecule has 1 aliphatic carbocycles. The minimum absolute atomic E-state index is 0.0277. The average molecular weight is 355 g/mol. The summed E-state index contributed by atoms with van der Waals surface area (Å²) in [5.41, 5.74) is -0.00490. The van der Waals surface area contributed by atoms with Crippen LogP contribution in [0.4, 0.5) is 4.39 Å². The Hall–Kier alpha value is -1.43. The number of hydrogen-bond donors (Lipinski definition) is 1. The molecule has 1 N–H and O–H groups in total. The van der Waals surface area contributed by atoms with E-state index in [1.807, 2.05) is 6.92 Å². The molecule has 2 fully saturated rings. The smallest absolute Gasteiger partial charge is 0.246 e. The molecule has 1 aromatic rings. The molecule has 1 saturated heterocycles. The second-order valence-corrected chi connectivity index (χ2v) is 6.67. The molecule has 1 atom stereocenters. The quantitative estimate of drug-likeness (QED) is 0.904. The molecule has 2 aliphatic rings. The Kier molecular flexibility index (Phi) is 3.51. The standard InChI is InChI=1S/C15H16BrFN2O2/c1-15(10-3-4-10)14(21)18-7-13(20)19(15)8-9-2-5-11(17)6-12(9)16/h2,5-6,10H,3-4,7-8H2,1H3,(H,18,21). The molecule has 4 nitrogen and oxygen atoms in total. The molecule has 1 aromatic carbocycles. The average Bonchev–Trinajstić information content (AvgIpc) is 3.26. The van der Waals surface area contributed by atoms with Crippen LogP contribution in [0, 0.1) is 11.7 Å². The summed E-state index contributed by atoms with van der Waals surface area (Å²) in [6.45, 7) is 2.16. The van der Waals surface area contributed by atoms with Gasteiger partial charge in [-0.3, -0.25) is 9.59 Å². The first-order chi connectivity index (χ1) is 9.92. The highest BCUT2D eigenvalue weighted by Gasteiger charge is 2.54. The van der Waals surface area contributed by atoms with Crippen LogP contribution in [0.25, 0.3) is 0 Å². The fraction of sp³-hybridized carbons (Fsp3) is 0.467. The Morgan fingerprint density at radius 3 is 2.76 bits per heavy atom. The zero-order chi connectivity index (χ0) is 15.2. The maximum Gasteiger partial charge on any atom is 0.246 e. The van der Waals surface area contributed by atoms with Crippen molar-refractivity contribution >= 4 is 27.7 Å². The SMILES string of the molecule is CC1(C2CC2)C(=O)NCC(=O)N1Cc1ccc(F)cc1Br. The van der Waals surface area contributed by atoms with E-state index >= 15 is 0 Å². The number of piperazine rings is 1. The zero-order valence-corrected chi connectivity index (χ0v) is 13.2. The molecular formula is C15H16BrFN2O2. The Balaban J connectivity index is 1.93. The Bertz CT molecular complexity index is 618. The van der Waals surface area contributed by atoms with Gasteiger partial charge >= 0.3 is 0 Å². The van der Waals surface area contributed by atoms with E-state index in [4.69, 9.17) is 0 Å². The number of hydrogen-bond acceptors (Lipinski definition) is 2. The third kappa shape index (κ3) is 2.46. The van der Waals surface area contributed by atoms with Gasteiger partial charge in [0.15, 0.2) is 0 Å². The van der Waals surface area contributed by atoms with E-state index in [1.165, 1.54) is 12.1 Å². The topological polar surface area (TPSA) is 49.4 Å². The summed E-state index contributed by atoms with van der Waals surface area (Å²) in [4.78, 5) is 26.2. The molecule has 1 aliphatic heterocycles. The number of rotatable bonds is 3. The van der Waals surface area contributed by atoms with Gasteiger partial charge in [0.25, 0.3) is 0 Å². The summed E-state index contributed by atoms with van der Waals surface area (Å²) >= 11 is 3.32. The van der Waals surface area contributed by atoms with Gasteiger partial charge in [-0.2, -0.15) is 0 Å². The van der Waals surface area contributed by atoms with Gasteiger partial charge < -0.3 is 10.2 Å². The molecule has 6 heteroatoms. The summed E-state index contributed by atoms with van der Waals surface area (Å²) in [5, 5.41) is 2.68. The number of carbonyl (C=O) groups is 2. The second-order valence-electron chi connectivity index (χ2n) is 5.82. The first-order valence-corrected chi connectivity index (χ1v) is 7.75. The van der Waals surface area contributed by atoms with Gasteiger partial charge in [-0.15, -0.1) is 0 Å². The lowest BCUT2D eigenvalue weighted by atomic mass is 9.89. The number of halogens is 2. The van der Waals surface area contributed by atoms with Crippen LogP contribution in [0.5, 0.6) is 0 Å². The number of nitrogens with one attached hydrogen (secondary N) is 1. The molecular weight excluding hydrogens is 339 g/mol. The Morgan fingerprint density at radius 1 is 1.43 bits per heavy atom. The zero-order valence-electron chi connectivity index (χ0n) is 11.7. The van der Waals surface area contributed by atoms with Crippen LogP contribution in [0.15, 0.2) is 22.7 Å². The monoisotopic (exact) mass is 354 g/mol. The molecule has 1 unspecified atom stereocenters. The summed E-state index contributed by atoms with van der Waals surface area (Å²) in [6, 6.07) is 4.38. The van der Waals surface area contributed by atoms with Crippen LogP contribution in [0.1, 0.15) is 25.3 Å². The van der Waals surface area contributed by atoms with E-state index < -0.39 is 5.54 Å². The van der Waals surface area contributed by atoms with Crippen molar-refractivity contribution in [2.45, 2.75) is 31.8 Å². The third-order valence-electron chi connectivity index (χ3n) is 4.44. The largest absolute Gasteiger partial charge is 0.345 e. The molecule has 112 valence electrons. The normalized spacial score (nSPS) is 26.0. The molecule has 2 amide bonds. The van der Waals surface area contributed by atoms with E-state index in [9.17, 15) is 14.0 Å². The van der Waals surface area contributed by atoms with Crippen molar-refractivity contribution in [2.24, 2.45) is 5.92 Å². The highest BCUT2D eigenvalue weighted by atomic mass is 79.9. The number of benzene rings is 1. The lowest BCUT2D eigenvalue weighted by molar-refractivity contribution is -0.155. The van der Waals surface area contributed by atoms with Crippen LogP contribution < -0.4 is 5.32 Å². The van der Waals surface area contributed by atoms with Crippen molar-refractivity contribution in [2.75, 3.05) is 6.54 Å². The van der Waals surface area contributed by atoms with Gasteiger partial charge in [0.05, 0.1) is 6.54 Å². The van der Waals surface area contributed by atoms with Gasteiger partial charge in [0.1, 0.15) is 11.4 Å². The van der Waals surface area contributed by atoms with Crippen molar-refractivity contribution in [1.29, 1.82) is 0 Å². The summed E-state index contributed by atoms with van der Waals surface area (Å²) < 4.78 is 13.8. The Labute approximate surface area is 130 Å². The summed E-state index contributed by atoms with van der Waals surface area (Å²) in [7, 11) is 0. The van der Waals surface area contributed by atoms with E-state index in [0.717, 1.165) is 18.4 Å². The first kappa shape index (κ1) is 14.5. The van der Waals surface area contributed by atoms with Crippen molar-refractivity contribution in [3.05, 3.63) is 34.1 Å². The van der Waals surface area contributed by atoms with E-state index in [2.05, 4.69) is 21.2 Å². The van der Waals surface area contributed by atoms with Gasteiger partial charge in [-0.05, 0) is 43.4 Å². The first-order valence-electron chi connectivity index (χ1n) is 6.95. The molecule has 1 heterocycles. The van der Waals surface area contributed by atoms with Gasteiger partial charge in [0.2, 0.25) is 11.8 Å². The van der Waals surface area contributed by atoms with E-state index in [0.29, 0.717) is 11.0 Å². The van der Waals surface area contributed by atoms with Crippen LogP contribution in [0.3, 0.4) is 0 Å². The van der Waals surface area contributed by atoms with Crippen molar-refractivity contribution in [3.8, 4) is 0 Å². The maximum absolute atomic E-state index is 13.2.